The van der Waals surface area contributed by atoms with E-state index in [-0.39, 0.29) is 32.6 Å². The highest BCUT2D eigenvalue weighted by Crippen LogP contribution is 2.41. The zero-order chi connectivity index (χ0) is 27.8. The Morgan fingerprint density at radius 2 is 1.49 bits per heavy atom. The fourth-order valence-corrected chi connectivity index (χ4v) is 4.76. The van der Waals surface area contributed by atoms with Gasteiger partial charge in [-0.05, 0) is 81.0 Å². The summed E-state index contributed by atoms with van der Waals surface area (Å²) in [5, 5.41) is 18.4. The molecule has 2 atom stereocenters. The minimum atomic E-state index is -0.901. The first-order valence-electron chi connectivity index (χ1n) is 13.2. The standard InChI is InChI=1S/C25H31NO4.C8H10.CH4/c1-16-5-6-17(2)24(13-16)23-11-12-26(19(4)28)25(18(23)3)20-7-9-22(10-8-20)30-15-21(29)14-27;1-7-3-5-8(2)6-4-7;/h5-10,13,21,25,27,29H,11-12,14-15H2,1-4H3;3-6H,1-2H3;1H4. The van der Waals surface area contributed by atoms with E-state index in [0.717, 1.165) is 12.0 Å². The maximum atomic E-state index is 12.4. The number of aryl methyl sites for hydroxylation is 4. The summed E-state index contributed by atoms with van der Waals surface area (Å²) in [4.78, 5) is 14.3. The lowest BCUT2D eigenvalue weighted by Gasteiger charge is -2.38. The second kappa shape index (κ2) is 14.7. The first kappa shape index (κ1) is 31.8. The van der Waals surface area contributed by atoms with Crippen LogP contribution in [0, 0.1) is 27.7 Å². The molecule has 5 heteroatoms. The summed E-state index contributed by atoms with van der Waals surface area (Å²) in [5.74, 6) is 0.679. The molecule has 2 N–H and O–H groups in total. The van der Waals surface area contributed by atoms with E-state index in [1.54, 1.807) is 6.92 Å². The van der Waals surface area contributed by atoms with Crippen LogP contribution in [0.3, 0.4) is 0 Å². The number of amides is 1. The Morgan fingerprint density at radius 1 is 0.923 bits per heavy atom. The van der Waals surface area contributed by atoms with Crippen LogP contribution in [0.1, 0.15) is 67.1 Å². The van der Waals surface area contributed by atoms with Gasteiger partial charge < -0.3 is 19.8 Å². The molecule has 3 aromatic rings. The van der Waals surface area contributed by atoms with Gasteiger partial charge in [-0.1, -0.05) is 78.7 Å². The van der Waals surface area contributed by atoms with Gasteiger partial charge in [-0.3, -0.25) is 4.79 Å². The maximum Gasteiger partial charge on any atom is 0.220 e. The van der Waals surface area contributed by atoms with Crippen molar-refractivity contribution in [3.05, 3.63) is 106 Å². The number of ether oxygens (including phenoxy) is 1. The number of rotatable bonds is 6. The lowest BCUT2D eigenvalue weighted by atomic mass is 9.84. The quantitative estimate of drug-likeness (QED) is 0.369. The number of aliphatic hydroxyl groups excluding tert-OH is 2. The summed E-state index contributed by atoms with van der Waals surface area (Å²) in [5.41, 5.74) is 9.92. The van der Waals surface area contributed by atoms with Crippen LogP contribution in [0.5, 0.6) is 5.75 Å². The number of hydrogen-bond donors (Lipinski definition) is 2. The van der Waals surface area contributed by atoms with Gasteiger partial charge in [-0.2, -0.15) is 0 Å². The Balaban J connectivity index is 0.000000508. The van der Waals surface area contributed by atoms with Crippen LogP contribution in [-0.4, -0.2) is 46.9 Å². The first-order chi connectivity index (χ1) is 18.1. The molecule has 4 rings (SSSR count). The van der Waals surface area contributed by atoms with E-state index in [1.165, 1.54) is 39.0 Å². The fourth-order valence-electron chi connectivity index (χ4n) is 4.76. The molecule has 1 aliphatic heterocycles. The molecule has 0 spiro atoms. The minimum absolute atomic E-state index is 0. The van der Waals surface area contributed by atoms with Crippen molar-refractivity contribution in [2.75, 3.05) is 19.8 Å². The molecule has 0 radical (unpaired) electrons. The van der Waals surface area contributed by atoms with Crippen molar-refractivity contribution in [1.29, 1.82) is 0 Å². The molecule has 0 fully saturated rings. The lowest BCUT2D eigenvalue weighted by molar-refractivity contribution is -0.130. The van der Waals surface area contributed by atoms with Crippen LogP contribution in [0.25, 0.3) is 5.57 Å². The average molecular weight is 532 g/mol. The molecule has 1 aliphatic rings. The van der Waals surface area contributed by atoms with Gasteiger partial charge >= 0.3 is 0 Å². The number of carbonyl (C=O) groups excluding carboxylic acids is 1. The Hall–Kier alpha value is -3.41. The number of aliphatic hydroxyl groups is 2. The monoisotopic (exact) mass is 531 g/mol. The molecule has 3 aromatic carbocycles. The van der Waals surface area contributed by atoms with Crippen molar-refractivity contribution < 1.29 is 19.7 Å². The molecular weight excluding hydrogens is 486 g/mol. The van der Waals surface area contributed by atoms with Gasteiger partial charge in [0.1, 0.15) is 18.5 Å². The molecule has 0 saturated carbocycles. The SMILES string of the molecule is C.CC(=O)N1CCC(c2cc(C)ccc2C)=C(C)C1c1ccc(OCC(O)CO)cc1.Cc1ccc(C)cc1. The Kier molecular flexibility index (Phi) is 12.0. The highest BCUT2D eigenvalue weighted by Gasteiger charge is 2.31. The van der Waals surface area contributed by atoms with E-state index in [0.29, 0.717) is 12.3 Å². The predicted octanol–water partition coefficient (Wildman–Crippen LogP) is 6.74. The van der Waals surface area contributed by atoms with Gasteiger partial charge in [-0.15, -0.1) is 0 Å². The number of nitrogens with zero attached hydrogens (tertiary/aromatic N) is 1. The molecule has 2 unspecified atom stereocenters. The smallest absolute Gasteiger partial charge is 0.220 e. The molecule has 1 heterocycles. The highest BCUT2D eigenvalue weighted by atomic mass is 16.5. The van der Waals surface area contributed by atoms with Gasteiger partial charge in [0.2, 0.25) is 5.91 Å². The summed E-state index contributed by atoms with van der Waals surface area (Å²) < 4.78 is 5.52. The lowest BCUT2D eigenvalue weighted by Crippen LogP contribution is -2.38. The Labute approximate surface area is 234 Å². The molecule has 0 aromatic heterocycles. The Bertz CT molecular complexity index is 1220. The third-order valence-corrected chi connectivity index (χ3v) is 6.99. The topological polar surface area (TPSA) is 70.0 Å². The van der Waals surface area contributed by atoms with Crippen LogP contribution in [0.4, 0.5) is 0 Å². The summed E-state index contributed by atoms with van der Waals surface area (Å²) in [6.07, 6.45) is -0.0616. The predicted molar refractivity (Wildman–Crippen MR) is 161 cm³/mol. The fraction of sp³-hybridized carbons (Fsp3) is 0.382. The van der Waals surface area contributed by atoms with Gasteiger partial charge in [-0.25, -0.2) is 0 Å². The average Bonchev–Trinajstić information content (AvgIpc) is 2.91. The molecule has 5 nitrogen and oxygen atoms in total. The normalized spacial score (nSPS) is 15.6. The summed E-state index contributed by atoms with van der Waals surface area (Å²) in [6.45, 7) is 12.6. The van der Waals surface area contributed by atoms with Gasteiger partial charge in [0, 0.05) is 13.5 Å². The van der Waals surface area contributed by atoms with Gasteiger partial charge in [0.05, 0.1) is 12.6 Å². The maximum absolute atomic E-state index is 12.4. The summed E-state index contributed by atoms with van der Waals surface area (Å²) in [6, 6.07) is 22.5. The van der Waals surface area contributed by atoms with E-state index in [4.69, 9.17) is 9.84 Å². The van der Waals surface area contributed by atoms with Crippen molar-refractivity contribution in [2.24, 2.45) is 0 Å². The number of carbonyl (C=O) groups is 1. The zero-order valence-corrected chi connectivity index (χ0v) is 23.5. The van der Waals surface area contributed by atoms with Crippen LogP contribution in [0.15, 0.2) is 72.3 Å². The van der Waals surface area contributed by atoms with E-state index >= 15 is 0 Å². The van der Waals surface area contributed by atoms with Crippen LogP contribution in [0.2, 0.25) is 0 Å². The van der Waals surface area contributed by atoms with Gasteiger partial charge in [0.15, 0.2) is 0 Å². The van der Waals surface area contributed by atoms with Crippen LogP contribution < -0.4 is 4.74 Å². The van der Waals surface area contributed by atoms with E-state index in [1.807, 2.05) is 29.2 Å². The van der Waals surface area contributed by atoms with Crippen molar-refractivity contribution in [1.82, 2.24) is 4.90 Å². The third-order valence-electron chi connectivity index (χ3n) is 6.99. The second-order valence-electron chi connectivity index (χ2n) is 10.2. The van der Waals surface area contributed by atoms with Crippen molar-refractivity contribution in [2.45, 2.75) is 67.5 Å². The molecule has 0 saturated heterocycles. The highest BCUT2D eigenvalue weighted by molar-refractivity contribution is 5.79. The number of benzene rings is 3. The Morgan fingerprint density at radius 3 is 2.03 bits per heavy atom. The van der Waals surface area contributed by atoms with Crippen molar-refractivity contribution >= 4 is 11.5 Å². The molecule has 0 bridgehead atoms. The molecule has 210 valence electrons. The minimum Gasteiger partial charge on any atom is -0.491 e. The van der Waals surface area contributed by atoms with Crippen LogP contribution >= 0.6 is 0 Å². The zero-order valence-electron chi connectivity index (χ0n) is 23.5. The summed E-state index contributed by atoms with van der Waals surface area (Å²) in [7, 11) is 0. The van der Waals surface area contributed by atoms with Crippen molar-refractivity contribution in [3.63, 3.8) is 0 Å². The van der Waals surface area contributed by atoms with E-state index < -0.39 is 6.10 Å². The molecule has 1 amide bonds. The van der Waals surface area contributed by atoms with Gasteiger partial charge in [0.25, 0.3) is 0 Å². The van der Waals surface area contributed by atoms with Crippen molar-refractivity contribution in [3.8, 4) is 5.75 Å². The molecular formula is C34H45NO4. The number of hydrogen-bond acceptors (Lipinski definition) is 4. The largest absolute Gasteiger partial charge is 0.491 e. The van der Waals surface area contributed by atoms with E-state index in [9.17, 15) is 9.90 Å². The molecule has 39 heavy (non-hydrogen) atoms. The molecule has 0 aliphatic carbocycles. The third kappa shape index (κ3) is 8.54. The first-order valence-corrected chi connectivity index (χ1v) is 13.2. The summed E-state index contributed by atoms with van der Waals surface area (Å²) >= 11 is 0. The van der Waals surface area contributed by atoms with E-state index in [2.05, 4.69) is 77.1 Å². The van der Waals surface area contributed by atoms with Crippen LogP contribution in [-0.2, 0) is 4.79 Å². The second-order valence-corrected chi connectivity index (χ2v) is 10.2.